The van der Waals surface area contributed by atoms with Gasteiger partial charge in [0, 0.05) is 23.8 Å². The van der Waals surface area contributed by atoms with Crippen molar-refractivity contribution in [3.8, 4) is 16.9 Å². The molecule has 3 aliphatic rings. The zero-order chi connectivity index (χ0) is 29.8. The summed E-state index contributed by atoms with van der Waals surface area (Å²) in [5.41, 5.74) is 0.436. The van der Waals surface area contributed by atoms with Gasteiger partial charge in [-0.3, -0.25) is 9.59 Å². The largest absolute Gasteiger partial charge is 0.490 e. The van der Waals surface area contributed by atoms with Crippen LogP contribution in [0.3, 0.4) is 0 Å². The number of ether oxygens (including phenoxy) is 1. The highest BCUT2D eigenvalue weighted by atomic mass is 32.2. The number of hydrogen-bond acceptors (Lipinski definition) is 6. The molecule has 3 aromatic rings. The van der Waals surface area contributed by atoms with E-state index in [1.54, 1.807) is 6.07 Å². The molecule has 1 aliphatic heterocycles. The Bertz CT molecular complexity index is 1600. The Morgan fingerprint density at radius 1 is 0.881 bits per heavy atom. The Balaban J connectivity index is 1.16. The number of fused-ring (bicyclic) bond motifs is 1. The smallest absolute Gasteiger partial charge is 0.287 e. The highest BCUT2D eigenvalue weighted by molar-refractivity contribution is 7.91. The van der Waals surface area contributed by atoms with Crippen LogP contribution in [0.5, 0.6) is 5.75 Å². The van der Waals surface area contributed by atoms with Crippen molar-refractivity contribution in [1.29, 1.82) is 0 Å². The van der Waals surface area contributed by atoms with Crippen LogP contribution in [0.4, 0.5) is 8.78 Å². The van der Waals surface area contributed by atoms with Crippen molar-refractivity contribution in [2.45, 2.75) is 81.4 Å². The van der Waals surface area contributed by atoms with Gasteiger partial charge in [0.1, 0.15) is 23.0 Å². The second-order valence-electron chi connectivity index (χ2n) is 12.3. The predicted molar refractivity (Wildman–Crippen MR) is 153 cm³/mol. The molecule has 0 spiro atoms. The molecule has 2 N–H and O–H groups in total. The van der Waals surface area contributed by atoms with E-state index in [1.165, 1.54) is 0 Å². The monoisotopic (exact) mass is 600 g/mol. The first-order valence-electron chi connectivity index (χ1n) is 14.4. The Morgan fingerprint density at radius 3 is 2.17 bits per heavy atom. The molecule has 0 atom stereocenters. The van der Waals surface area contributed by atoms with Crippen LogP contribution in [0.15, 0.2) is 52.9 Å². The number of rotatable bonds is 7. The topological polar surface area (TPSA) is 115 Å². The summed E-state index contributed by atoms with van der Waals surface area (Å²) in [5, 5.41) is 6.40. The Labute approximate surface area is 243 Å². The molecule has 224 valence electrons. The molecule has 3 fully saturated rings. The maximum Gasteiger partial charge on any atom is 0.287 e. The van der Waals surface area contributed by atoms with Crippen LogP contribution in [-0.4, -0.2) is 54.8 Å². The second-order valence-corrected chi connectivity index (χ2v) is 14.6. The number of nitrogens with one attached hydrogen (secondary N) is 2. The van der Waals surface area contributed by atoms with Crippen molar-refractivity contribution in [2.24, 2.45) is 0 Å². The van der Waals surface area contributed by atoms with Crippen molar-refractivity contribution in [3.05, 3.63) is 54.3 Å². The normalized spacial score (nSPS) is 22.3. The fourth-order valence-electron chi connectivity index (χ4n) is 5.66. The van der Waals surface area contributed by atoms with Crippen molar-refractivity contribution < 1.29 is 35.9 Å². The number of amides is 2. The number of furan rings is 1. The molecule has 6 rings (SSSR count). The van der Waals surface area contributed by atoms with Gasteiger partial charge in [-0.25, -0.2) is 17.2 Å². The van der Waals surface area contributed by atoms with Crippen LogP contribution in [0.25, 0.3) is 22.1 Å². The van der Waals surface area contributed by atoms with E-state index in [4.69, 9.17) is 9.15 Å². The van der Waals surface area contributed by atoms with E-state index in [1.807, 2.05) is 49.4 Å². The van der Waals surface area contributed by atoms with E-state index in [0.717, 1.165) is 24.0 Å². The van der Waals surface area contributed by atoms with Gasteiger partial charge in [-0.2, -0.15) is 0 Å². The third kappa shape index (κ3) is 6.16. The molecule has 2 aliphatic carbocycles. The standard InChI is InChI=1S/C31H34F2N2O6S/c1-29(10-11-29)35-28(37)30(12-14-31(32,33)15-13-30)34-27(36)26-19-22-3-2-21(18-25(22)41-26)20-4-6-23(7-5-20)40-24-8-16-42(38,39)17-9-24/h2-7,18-19,24H,8-17H2,1H3,(H,34,36)(H,35,37). The van der Waals surface area contributed by atoms with Crippen molar-refractivity contribution >= 4 is 32.6 Å². The molecular weight excluding hydrogens is 566 g/mol. The molecular formula is C31H34F2N2O6S. The first-order chi connectivity index (χ1) is 19.8. The van der Waals surface area contributed by atoms with E-state index in [9.17, 15) is 26.8 Å². The molecule has 0 unspecified atom stereocenters. The van der Waals surface area contributed by atoms with Gasteiger partial charge in [-0.1, -0.05) is 24.3 Å². The van der Waals surface area contributed by atoms with E-state index < -0.39 is 46.0 Å². The number of alkyl halides is 2. The summed E-state index contributed by atoms with van der Waals surface area (Å²) in [6.07, 6.45) is 1.19. The molecule has 1 saturated heterocycles. The lowest BCUT2D eigenvalue weighted by atomic mass is 9.78. The quantitative estimate of drug-likeness (QED) is 0.375. The zero-order valence-electron chi connectivity index (χ0n) is 23.4. The first-order valence-corrected chi connectivity index (χ1v) is 16.2. The summed E-state index contributed by atoms with van der Waals surface area (Å²) >= 11 is 0. The number of carbonyl (C=O) groups is 2. The molecule has 2 aromatic carbocycles. The summed E-state index contributed by atoms with van der Waals surface area (Å²) in [5.74, 6) is -2.96. The van der Waals surface area contributed by atoms with Crippen LogP contribution in [0.2, 0.25) is 0 Å². The van der Waals surface area contributed by atoms with Crippen molar-refractivity contribution in [2.75, 3.05) is 11.5 Å². The van der Waals surface area contributed by atoms with Gasteiger partial charge in [0.15, 0.2) is 15.6 Å². The average molecular weight is 601 g/mol. The Morgan fingerprint density at radius 2 is 1.52 bits per heavy atom. The zero-order valence-corrected chi connectivity index (χ0v) is 24.2. The second kappa shape index (κ2) is 10.4. The van der Waals surface area contributed by atoms with Crippen LogP contribution < -0.4 is 15.4 Å². The minimum absolute atomic E-state index is 0.00235. The van der Waals surface area contributed by atoms with Crippen LogP contribution in [0.1, 0.15) is 68.8 Å². The maximum absolute atomic E-state index is 14.0. The van der Waals surface area contributed by atoms with Gasteiger partial charge in [-0.05, 0) is 80.8 Å². The Kier molecular flexibility index (Phi) is 7.06. The molecule has 2 heterocycles. The average Bonchev–Trinajstić information content (AvgIpc) is 3.51. The number of halogens is 2. The minimum atomic E-state index is -2.95. The molecule has 0 radical (unpaired) electrons. The first kappa shape index (κ1) is 28.6. The summed E-state index contributed by atoms with van der Waals surface area (Å²) in [4.78, 5) is 26.6. The third-order valence-electron chi connectivity index (χ3n) is 8.77. The van der Waals surface area contributed by atoms with Gasteiger partial charge in [0.2, 0.25) is 11.8 Å². The fourth-order valence-corrected chi connectivity index (χ4v) is 7.11. The summed E-state index contributed by atoms with van der Waals surface area (Å²) in [6.45, 7) is 1.90. The molecule has 8 nitrogen and oxygen atoms in total. The highest BCUT2D eigenvalue weighted by Gasteiger charge is 2.51. The third-order valence-corrected chi connectivity index (χ3v) is 10.5. The maximum atomic E-state index is 14.0. The van der Waals surface area contributed by atoms with Crippen LogP contribution in [0, 0.1) is 0 Å². The van der Waals surface area contributed by atoms with Gasteiger partial charge in [-0.15, -0.1) is 0 Å². The van der Waals surface area contributed by atoms with E-state index in [-0.39, 0.29) is 41.8 Å². The van der Waals surface area contributed by atoms with E-state index >= 15 is 0 Å². The highest BCUT2D eigenvalue weighted by Crippen LogP contribution is 2.41. The molecule has 42 heavy (non-hydrogen) atoms. The SMILES string of the molecule is CC1(NC(=O)C2(NC(=O)c3cc4ccc(-c5ccc(OC6CCS(=O)(=O)CC6)cc5)cc4o3)CCC(F)(F)CC2)CC1. The Hall–Kier alpha value is -3.47. The van der Waals surface area contributed by atoms with Crippen molar-refractivity contribution in [3.63, 3.8) is 0 Å². The number of benzene rings is 2. The minimum Gasteiger partial charge on any atom is -0.490 e. The lowest BCUT2D eigenvalue weighted by Gasteiger charge is -2.39. The fraction of sp³-hybridized carbons (Fsp3) is 0.484. The molecule has 0 bridgehead atoms. The molecule has 11 heteroatoms. The molecule has 2 saturated carbocycles. The lowest BCUT2D eigenvalue weighted by Crippen LogP contribution is -2.62. The summed E-state index contributed by atoms with van der Waals surface area (Å²) in [7, 11) is -2.95. The van der Waals surface area contributed by atoms with Gasteiger partial charge < -0.3 is 19.8 Å². The summed E-state index contributed by atoms with van der Waals surface area (Å²) in [6, 6.07) is 14.6. The lowest BCUT2D eigenvalue weighted by molar-refractivity contribution is -0.133. The van der Waals surface area contributed by atoms with Gasteiger partial charge in [0.05, 0.1) is 11.5 Å². The van der Waals surface area contributed by atoms with Crippen molar-refractivity contribution in [1.82, 2.24) is 10.6 Å². The number of hydrogen-bond donors (Lipinski definition) is 2. The van der Waals surface area contributed by atoms with Crippen LogP contribution in [-0.2, 0) is 14.6 Å². The number of carbonyl (C=O) groups excluding carboxylic acids is 2. The summed E-state index contributed by atoms with van der Waals surface area (Å²) < 4.78 is 63.2. The van der Waals surface area contributed by atoms with Crippen LogP contribution >= 0.6 is 0 Å². The molecule has 2 amide bonds. The number of sulfone groups is 1. The van der Waals surface area contributed by atoms with E-state index in [0.29, 0.717) is 29.6 Å². The van der Waals surface area contributed by atoms with E-state index in [2.05, 4.69) is 10.6 Å². The van der Waals surface area contributed by atoms with Gasteiger partial charge >= 0.3 is 0 Å². The molecule has 1 aromatic heterocycles. The predicted octanol–water partition coefficient (Wildman–Crippen LogP) is 5.40. The van der Waals surface area contributed by atoms with Gasteiger partial charge in [0.25, 0.3) is 5.91 Å².